The number of unbranched alkanes of at least 4 members (excludes halogenated alkanes) is 3. The smallest absolute Gasteiger partial charge is 0.220 e. The number of amides is 1. The lowest BCUT2D eigenvalue weighted by Gasteiger charge is -2.32. The van der Waals surface area contributed by atoms with Crippen molar-refractivity contribution < 1.29 is 4.79 Å². The zero-order valence-corrected chi connectivity index (χ0v) is 11.8. The molecule has 1 fully saturated rings. The van der Waals surface area contributed by atoms with Gasteiger partial charge in [-0.1, -0.05) is 19.3 Å². The summed E-state index contributed by atoms with van der Waals surface area (Å²) in [6.45, 7) is 2.75. The Morgan fingerprint density at radius 3 is 2.78 bits per heavy atom. The number of likely N-dealkylation sites (tertiary alicyclic amines) is 1. The molecule has 1 saturated heterocycles. The molecule has 0 aromatic rings. The number of nitrogens with one attached hydrogen (secondary N) is 1. The molecule has 3 N–H and O–H groups in total. The van der Waals surface area contributed by atoms with Crippen LogP contribution in [0.15, 0.2) is 0 Å². The fourth-order valence-electron chi connectivity index (χ4n) is 2.51. The van der Waals surface area contributed by atoms with Crippen LogP contribution >= 0.6 is 0 Å². The predicted molar refractivity (Wildman–Crippen MR) is 75.4 cm³/mol. The molecule has 1 atom stereocenters. The van der Waals surface area contributed by atoms with Gasteiger partial charge >= 0.3 is 0 Å². The van der Waals surface area contributed by atoms with E-state index in [1.54, 1.807) is 0 Å². The Labute approximate surface area is 111 Å². The van der Waals surface area contributed by atoms with E-state index in [-0.39, 0.29) is 5.91 Å². The van der Waals surface area contributed by atoms with E-state index in [4.69, 9.17) is 5.73 Å². The van der Waals surface area contributed by atoms with Crippen molar-refractivity contribution in [1.29, 1.82) is 0 Å². The van der Waals surface area contributed by atoms with Crippen LogP contribution in [0, 0.1) is 0 Å². The average molecular weight is 255 g/mol. The van der Waals surface area contributed by atoms with Crippen LogP contribution in [0.5, 0.6) is 0 Å². The molecule has 0 aliphatic carbocycles. The zero-order chi connectivity index (χ0) is 13.2. The van der Waals surface area contributed by atoms with Crippen LogP contribution in [-0.2, 0) is 4.79 Å². The molecule has 0 spiro atoms. The molecule has 4 heteroatoms. The van der Waals surface area contributed by atoms with Gasteiger partial charge < -0.3 is 16.0 Å². The molecule has 106 valence electrons. The number of nitrogens with two attached hydrogens (primary N) is 1. The third-order valence-corrected chi connectivity index (χ3v) is 3.81. The quantitative estimate of drug-likeness (QED) is 0.646. The highest BCUT2D eigenvalue weighted by atomic mass is 16.1. The monoisotopic (exact) mass is 255 g/mol. The molecule has 1 rings (SSSR count). The summed E-state index contributed by atoms with van der Waals surface area (Å²) in [7, 11) is 2.16. The lowest BCUT2D eigenvalue weighted by atomic mass is 10.0. The molecule has 0 aromatic heterocycles. The fourth-order valence-corrected chi connectivity index (χ4v) is 2.51. The van der Waals surface area contributed by atoms with Gasteiger partial charge in [-0.2, -0.15) is 0 Å². The van der Waals surface area contributed by atoms with E-state index in [1.807, 2.05) is 0 Å². The minimum absolute atomic E-state index is 0.210. The first-order valence-electron chi connectivity index (χ1n) is 7.41. The first kappa shape index (κ1) is 15.4. The summed E-state index contributed by atoms with van der Waals surface area (Å²) in [6.07, 6.45) is 8.81. The molecule has 1 unspecified atom stereocenters. The van der Waals surface area contributed by atoms with Gasteiger partial charge in [0.15, 0.2) is 0 Å². The Kier molecular flexibility index (Phi) is 8.01. The zero-order valence-electron chi connectivity index (χ0n) is 11.8. The molecule has 0 bridgehead atoms. The second-order valence-corrected chi connectivity index (χ2v) is 5.39. The summed E-state index contributed by atoms with van der Waals surface area (Å²) in [4.78, 5) is 14.0. The number of likely N-dealkylation sites (N-methyl/N-ethyl adjacent to an activating group) is 1. The summed E-state index contributed by atoms with van der Waals surface area (Å²) in [6, 6.07) is 0.542. The molecular formula is C14H29N3O. The standard InChI is InChI=1S/C14H29N3O/c1-17-11-7-5-8-13(17)12-16-14(18)9-4-2-3-6-10-15/h13H,2-12,15H2,1H3,(H,16,18). The first-order valence-corrected chi connectivity index (χ1v) is 7.41. The third-order valence-electron chi connectivity index (χ3n) is 3.81. The molecule has 1 amide bonds. The number of nitrogens with zero attached hydrogens (tertiary/aromatic N) is 1. The molecule has 18 heavy (non-hydrogen) atoms. The molecular weight excluding hydrogens is 226 g/mol. The van der Waals surface area contributed by atoms with Gasteiger partial charge in [-0.3, -0.25) is 4.79 Å². The molecule has 0 radical (unpaired) electrons. The van der Waals surface area contributed by atoms with Gasteiger partial charge in [0.1, 0.15) is 0 Å². The van der Waals surface area contributed by atoms with Gasteiger partial charge in [0, 0.05) is 19.0 Å². The Hall–Kier alpha value is -0.610. The summed E-state index contributed by atoms with van der Waals surface area (Å²) >= 11 is 0. The first-order chi connectivity index (χ1) is 8.74. The Morgan fingerprint density at radius 2 is 2.06 bits per heavy atom. The summed E-state index contributed by atoms with van der Waals surface area (Å²) in [5.74, 6) is 0.210. The number of piperidine rings is 1. The van der Waals surface area contributed by atoms with E-state index < -0.39 is 0 Å². The molecule has 0 saturated carbocycles. The van der Waals surface area contributed by atoms with Gasteiger partial charge in [-0.05, 0) is 45.8 Å². The van der Waals surface area contributed by atoms with Crippen LogP contribution in [0.4, 0.5) is 0 Å². The molecule has 1 heterocycles. The van der Waals surface area contributed by atoms with Crippen LogP contribution in [-0.4, -0.2) is 43.5 Å². The summed E-state index contributed by atoms with van der Waals surface area (Å²) in [5.41, 5.74) is 5.43. The van der Waals surface area contributed by atoms with Gasteiger partial charge in [0.2, 0.25) is 5.91 Å². The number of rotatable bonds is 8. The molecule has 1 aliphatic rings. The SMILES string of the molecule is CN1CCCCC1CNC(=O)CCCCCCN. The number of carbonyl (C=O) groups excluding carboxylic acids is 1. The maximum absolute atomic E-state index is 11.7. The number of hydrogen-bond acceptors (Lipinski definition) is 3. The molecule has 0 aromatic carbocycles. The fraction of sp³-hybridized carbons (Fsp3) is 0.929. The van der Waals surface area contributed by atoms with Crippen molar-refractivity contribution in [1.82, 2.24) is 10.2 Å². The second-order valence-electron chi connectivity index (χ2n) is 5.39. The lowest BCUT2D eigenvalue weighted by Crippen LogP contribution is -2.44. The maximum Gasteiger partial charge on any atom is 0.220 e. The van der Waals surface area contributed by atoms with Crippen LogP contribution in [0.3, 0.4) is 0 Å². The minimum Gasteiger partial charge on any atom is -0.355 e. The largest absolute Gasteiger partial charge is 0.355 e. The van der Waals surface area contributed by atoms with Gasteiger partial charge in [-0.15, -0.1) is 0 Å². The summed E-state index contributed by atoms with van der Waals surface area (Å²) in [5, 5.41) is 3.07. The third kappa shape index (κ3) is 6.36. The second kappa shape index (κ2) is 9.34. The summed E-state index contributed by atoms with van der Waals surface area (Å²) < 4.78 is 0. The van der Waals surface area contributed by atoms with Crippen molar-refractivity contribution in [3.63, 3.8) is 0 Å². The van der Waals surface area contributed by atoms with E-state index in [1.165, 1.54) is 25.8 Å². The van der Waals surface area contributed by atoms with Crippen molar-refractivity contribution in [2.45, 2.75) is 57.4 Å². The Morgan fingerprint density at radius 1 is 1.28 bits per heavy atom. The number of hydrogen-bond donors (Lipinski definition) is 2. The van der Waals surface area contributed by atoms with Crippen molar-refractivity contribution in [2.75, 3.05) is 26.7 Å². The van der Waals surface area contributed by atoms with Gasteiger partial charge in [-0.25, -0.2) is 0 Å². The van der Waals surface area contributed by atoms with Crippen LogP contribution in [0.2, 0.25) is 0 Å². The van der Waals surface area contributed by atoms with E-state index >= 15 is 0 Å². The van der Waals surface area contributed by atoms with E-state index in [2.05, 4.69) is 17.3 Å². The van der Waals surface area contributed by atoms with Gasteiger partial charge in [0.25, 0.3) is 0 Å². The van der Waals surface area contributed by atoms with Crippen molar-refractivity contribution in [2.24, 2.45) is 5.73 Å². The predicted octanol–water partition coefficient (Wildman–Crippen LogP) is 1.50. The average Bonchev–Trinajstić information content (AvgIpc) is 2.37. The highest BCUT2D eigenvalue weighted by Crippen LogP contribution is 2.14. The van der Waals surface area contributed by atoms with E-state index in [9.17, 15) is 4.79 Å². The van der Waals surface area contributed by atoms with Crippen LogP contribution < -0.4 is 11.1 Å². The van der Waals surface area contributed by atoms with Gasteiger partial charge in [0.05, 0.1) is 0 Å². The maximum atomic E-state index is 11.7. The van der Waals surface area contributed by atoms with Crippen LogP contribution in [0.25, 0.3) is 0 Å². The Bertz CT molecular complexity index is 233. The Balaban J connectivity index is 2.02. The minimum atomic E-state index is 0.210. The topological polar surface area (TPSA) is 58.4 Å². The van der Waals surface area contributed by atoms with Crippen molar-refractivity contribution in [3.05, 3.63) is 0 Å². The van der Waals surface area contributed by atoms with Crippen LogP contribution in [0.1, 0.15) is 51.4 Å². The lowest BCUT2D eigenvalue weighted by molar-refractivity contribution is -0.121. The highest BCUT2D eigenvalue weighted by molar-refractivity contribution is 5.75. The van der Waals surface area contributed by atoms with Crippen molar-refractivity contribution >= 4 is 5.91 Å². The normalized spacial score (nSPS) is 20.9. The molecule has 4 nitrogen and oxygen atoms in total. The highest BCUT2D eigenvalue weighted by Gasteiger charge is 2.18. The van der Waals surface area contributed by atoms with Crippen molar-refractivity contribution in [3.8, 4) is 0 Å². The number of carbonyl (C=O) groups is 1. The van der Waals surface area contributed by atoms with E-state index in [0.29, 0.717) is 12.5 Å². The van der Waals surface area contributed by atoms with E-state index in [0.717, 1.165) is 38.8 Å². The molecule has 1 aliphatic heterocycles.